The zero-order valence-corrected chi connectivity index (χ0v) is 17.5. The highest BCUT2D eigenvalue weighted by Crippen LogP contribution is 2.35. The Morgan fingerprint density at radius 1 is 1.03 bits per heavy atom. The molecule has 0 spiro atoms. The number of fused-ring (bicyclic) bond motifs is 1. The lowest BCUT2D eigenvalue weighted by atomic mass is 10.1. The summed E-state index contributed by atoms with van der Waals surface area (Å²) in [5, 5.41) is 6.31. The van der Waals surface area contributed by atoms with Gasteiger partial charge in [0.1, 0.15) is 6.42 Å². The van der Waals surface area contributed by atoms with Crippen LogP contribution in [0.5, 0.6) is 0 Å². The van der Waals surface area contributed by atoms with Gasteiger partial charge in [0.05, 0.1) is 28.3 Å². The number of imidazole rings is 1. The van der Waals surface area contributed by atoms with E-state index >= 15 is 0 Å². The number of amides is 1. The second kappa shape index (κ2) is 8.60. The number of hydrogen-bond donors (Lipinski definition) is 1. The maximum absolute atomic E-state index is 13.3. The normalized spacial score (nSPS) is 12.2. The van der Waals surface area contributed by atoms with Crippen LogP contribution in [0.4, 0.5) is 32.0 Å². The van der Waals surface area contributed by atoms with Gasteiger partial charge in [-0.2, -0.15) is 31.4 Å². The highest BCUT2D eigenvalue weighted by Gasteiger charge is 2.36. The first-order valence-corrected chi connectivity index (χ1v) is 9.84. The quantitative estimate of drug-likeness (QED) is 0.348. The van der Waals surface area contributed by atoms with Crippen LogP contribution in [0.1, 0.15) is 12.1 Å². The molecular formula is C21H12ClF6N5O. The second-order valence-corrected chi connectivity index (χ2v) is 7.49. The number of alkyl halides is 6. The van der Waals surface area contributed by atoms with E-state index in [1.165, 1.54) is 53.2 Å². The van der Waals surface area contributed by atoms with Crippen LogP contribution < -0.4 is 5.32 Å². The fraction of sp³-hybridized carbons (Fsp3) is 0.143. The molecule has 4 rings (SSSR count). The molecule has 13 heteroatoms. The number of carbonyl (C=O) groups is 1. The molecule has 0 aliphatic carbocycles. The number of rotatable bonds is 4. The Balaban J connectivity index is 1.68. The van der Waals surface area contributed by atoms with Crippen LogP contribution >= 0.6 is 11.6 Å². The lowest BCUT2D eigenvalue weighted by Gasteiger charge is -2.10. The third kappa shape index (κ3) is 5.11. The highest BCUT2D eigenvalue weighted by atomic mass is 35.5. The molecule has 176 valence electrons. The Morgan fingerprint density at radius 3 is 2.50 bits per heavy atom. The summed E-state index contributed by atoms with van der Waals surface area (Å²) in [5.74, 6) is -1.29. The molecule has 0 aliphatic heterocycles. The number of benzene rings is 1. The topological polar surface area (TPSA) is 72.2 Å². The van der Waals surface area contributed by atoms with Crippen LogP contribution in [0.15, 0.2) is 54.9 Å². The minimum atomic E-state index is -4.68. The lowest BCUT2D eigenvalue weighted by Crippen LogP contribution is -2.21. The van der Waals surface area contributed by atoms with Gasteiger partial charge in [0.2, 0.25) is 5.91 Å². The number of aromatic nitrogens is 4. The van der Waals surface area contributed by atoms with E-state index in [1.807, 2.05) is 0 Å². The van der Waals surface area contributed by atoms with Gasteiger partial charge in [-0.05, 0) is 36.4 Å². The molecule has 0 saturated carbocycles. The minimum Gasteiger partial charge on any atom is -0.324 e. The lowest BCUT2D eigenvalue weighted by molar-refractivity contribution is -0.150. The maximum Gasteiger partial charge on any atom is 0.434 e. The fourth-order valence-corrected chi connectivity index (χ4v) is 3.32. The highest BCUT2D eigenvalue weighted by molar-refractivity contribution is 6.33. The molecule has 6 nitrogen and oxygen atoms in total. The van der Waals surface area contributed by atoms with Gasteiger partial charge in [-0.25, -0.2) is 9.50 Å². The summed E-state index contributed by atoms with van der Waals surface area (Å²) in [7, 11) is 0. The van der Waals surface area contributed by atoms with Crippen LogP contribution in [-0.2, 0) is 11.0 Å². The van der Waals surface area contributed by atoms with E-state index < -0.39 is 30.4 Å². The van der Waals surface area contributed by atoms with Crippen LogP contribution in [0.25, 0.3) is 28.2 Å². The number of pyridine rings is 1. The van der Waals surface area contributed by atoms with Crippen molar-refractivity contribution in [1.82, 2.24) is 19.6 Å². The van der Waals surface area contributed by atoms with Crippen LogP contribution in [-0.4, -0.2) is 31.7 Å². The first-order valence-electron chi connectivity index (χ1n) is 9.46. The van der Waals surface area contributed by atoms with E-state index in [2.05, 4.69) is 20.4 Å². The number of carbonyl (C=O) groups excluding carboxylic acids is 1. The van der Waals surface area contributed by atoms with E-state index in [0.29, 0.717) is 16.9 Å². The van der Waals surface area contributed by atoms with Crippen molar-refractivity contribution in [1.29, 1.82) is 0 Å². The average molecular weight is 500 g/mol. The van der Waals surface area contributed by atoms with E-state index in [-0.39, 0.29) is 22.0 Å². The van der Waals surface area contributed by atoms with Crippen molar-refractivity contribution < 1.29 is 31.1 Å². The summed E-state index contributed by atoms with van der Waals surface area (Å²) in [4.78, 5) is 19.4. The Labute approximate surface area is 192 Å². The number of anilines is 1. The standard InChI is InChI=1S/C21H12ClF6N5O/c22-13-4-3-11(8-15(13)31-18(34)9-20(23,24)25)16-10-33-17(30-16)6-5-14(32-33)12-2-1-7-29-19(12)21(26,27)28/h1-8,10H,9H2,(H,31,34). The third-order valence-electron chi connectivity index (χ3n) is 4.57. The van der Waals surface area contributed by atoms with Gasteiger partial charge in [0.25, 0.3) is 0 Å². The largest absolute Gasteiger partial charge is 0.434 e. The maximum atomic E-state index is 13.3. The first kappa shape index (κ1) is 23.5. The van der Waals surface area contributed by atoms with Crippen molar-refractivity contribution in [2.24, 2.45) is 0 Å². The molecule has 0 atom stereocenters. The Kier molecular flexibility index (Phi) is 5.94. The molecule has 3 aromatic heterocycles. The summed E-state index contributed by atoms with van der Waals surface area (Å²) >= 11 is 5.99. The summed E-state index contributed by atoms with van der Waals surface area (Å²) in [5.41, 5.74) is -0.357. The SMILES string of the molecule is O=C(CC(F)(F)F)Nc1cc(-c2cn3nc(-c4cccnc4C(F)(F)F)ccc3n2)ccc1Cl. The molecule has 0 aliphatic rings. The minimum absolute atomic E-state index is 0.00749. The zero-order chi connectivity index (χ0) is 24.7. The van der Waals surface area contributed by atoms with Gasteiger partial charge in [0.15, 0.2) is 11.3 Å². The smallest absolute Gasteiger partial charge is 0.324 e. The van der Waals surface area contributed by atoms with Crippen molar-refractivity contribution in [3.63, 3.8) is 0 Å². The van der Waals surface area contributed by atoms with Gasteiger partial charge < -0.3 is 5.32 Å². The Hall–Kier alpha value is -3.67. The molecule has 0 radical (unpaired) electrons. The van der Waals surface area contributed by atoms with Gasteiger partial charge in [-0.15, -0.1) is 0 Å². The number of nitrogens with zero attached hydrogens (tertiary/aromatic N) is 4. The van der Waals surface area contributed by atoms with Crippen LogP contribution in [0.3, 0.4) is 0 Å². The molecule has 1 amide bonds. The predicted molar refractivity (Wildman–Crippen MR) is 111 cm³/mol. The molecule has 0 fully saturated rings. The van der Waals surface area contributed by atoms with Crippen LogP contribution in [0.2, 0.25) is 5.02 Å². The van der Waals surface area contributed by atoms with Gasteiger partial charge in [0, 0.05) is 17.3 Å². The molecule has 3 heterocycles. The molecule has 4 aromatic rings. The van der Waals surface area contributed by atoms with Crippen molar-refractivity contribution >= 4 is 28.8 Å². The molecule has 0 saturated heterocycles. The Morgan fingerprint density at radius 2 is 1.79 bits per heavy atom. The molecule has 34 heavy (non-hydrogen) atoms. The molecule has 1 aromatic carbocycles. The zero-order valence-electron chi connectivity index (χ0n) is 16.7. The summed E-state index contributed by atoms with van der Waals surface area (Å²) < 4.78 is 78.5. The van der Waals surface area contributed by atoms with E-state index in [0.717, 1.165) is 6.20 Å². The molecule has 1 N–H and O–H groups in total. The van der Waals surface area contributed by atoms with Crippen molar-refractivity contribution in [2.75, 3.05) is 5.32 Å². The van der Waals surface area contributed by atoms with Crippen LogP contribution in [0, 0.1) is 0 Å². The monoisotopic (exact) mass is 499 g/mol. The van der Waals surface area contributed by atoms with E-state index in [9.17, 15) is 31.1 Å². The summed E-state index contributed by atoms with van der Waals surface area (Å²) in [6.45, 7) is 0. The van der Waals surface area contributed by atoms with Crippen molar-refractivity contribution in [3.05, 3.63) is 65.6 Å². The molecule has 0 unspecified atom stereocenters. The van der Waals surface area contributed by atoms with E-state index in [4.69, 9.17) is 11.6 Å². The van der Waals surface area contributed by atoms with Crippen molar-refractivity contribution in [2.45, 2.75) is 18.8 Å². The van der Waals surface area contributed by atoms with Gasteiger partial charge in [-0.3, -0.25) is 9.78 Å². The van der Waals surface area contributed by atoms with Gasteiger partial charge in [-0.1, -0.05) is 17.7 Å². The average Bonchev–Trinajstić information content (AvgIpc) is 3.16. The summed E-state index contributed by atoms with van der Waals surface area (Å²) in [6.07, 6.45) is -8.58. The fourth-order valence-electron chi connectivity index (χ4n) is 3.16. The first-order chi connectivity index (χ1) is 15.9. The third-order valence-corrected chi connectivity index (χ3v) is 4.90. The Bertz CT molecular complexity index is 1380. The summed E-state index contributed by atoms with van der Waals surface area (Å²) in [6, 6.07) is 9.66. The van der Waals surface area contributed by atoms with E-state index in [1.54, 1.807) is 0 Å². The van der Waals surface area contributed by atoms with Crippen molar-refractivity contribution in [3.8, 4) is 22.5 Å². The number of hydrogen-bond acceptors (Lipinski definition) is 4. The molecular weight excluding hydrogens is 488 g/mol. The predicted octanol–water partition coefficient (Wildman–Crippen LogP) is 6.02. The number of halogens is 7. The number of nitrogens with one attached hydrogen (secondary N) is 1. The molecule has 0 bridgehead atoms. The van der Waals surface area contributed by atoms with Gasteiger partial charge >= 0.3 is 12.4 Å². The second-order valence-electron chi connectivity index (χ2n) is 7.08.